The highest BCUT2D eigenvalue weighted by Gasteiger charge is 2.44. The van der Waals surface area contributed by atoms with Crippen molar-refractivity contribution in [3.8, 4) is 5.75 Å². The van der Waals surface area contributed by atoms with Crippen molar-refractivity contribution >= 4 is 27.6 Å². The van der Waals surface area contributed by atoms with E-state index in [9.17, 15) is 9.59 Å². The van der Waals surface area contributed by atoms with Gasteiger partial charge in [0.2, 0.25) is 5.91 Å². The zero-order chi connectivity index (χ0) is 16.7. The van der Waals surface area contributed by atoms with Crippen LogP contribution in [0.25, 0.3) is 0 Å². The molecule has 0 N–H and O–H groups in total. The fraction of sp³-hybridized carbons (Fsp3) is 0.389. The molecule has 2 aromatic rings. The van der Waals surface area contributed by atoms with E-state index in [4.69, 9.17) is 4.74 Å². The van der Waals surface area contributed by atoms with E-state index in [1.54, 1.807) is 6.20 Å². The lowest BCUT2D eigenvalue weighted by Gasteiger charge is -2.42. The molecule has 0 bridgehead atoms. The largest absolute Gasteiger partial charge is 0.486 e. The number of hydrogen-bond acceptors (Lipinski definition) is 4. The number of imidazole rings is 1. The summed E-state index contributed by atoms with van der Waals surface area (Å²) in [4.78, 5) is 29.0. The second-order valence-corrected chi connectivity index (χ2v) is 7.41. The molecule has 4 rings (SSSR count). The number of nitrogens with zero attached hydrogens (tertiary/aromatic N) is 2. The van der Waals surface area contributed by atoms with Crippen molar-refractivity contribution < 1.29 is 14.3 Å². The first-order valence-electron chi connectivity index (χ1n) is 8.11. The van der Waals surface area contributed by atoms with E-state index in [0.717, 1.165) is 25.7 Å². The minimum absolute atomic E-state index is 0.0485. The Labute approximate surface area is 148 Å². The summed E-state index contributed by atoms with van der Waals surface area (Å²) in [7, 11) is 0. The molecule has 0 radical (unpaired) electrons. The second-order valence-electron chi connectivity index (χ2n) is 6.60. The van der Waals surface area contributed by atoms with E-state index >= 15 is 0 Å². The van der Waals surface area contributed by atoms with Gasteiger partial charge in [-0.2, -0.15) is 0 Å². The summed E-state index contributed by atoms with van der Waals surface area (Å²) in [5.74, 6) is 0.829. The number of hydrogen-bond donors (Lipinski definition) is 0. The van der Waals surface area contributed by atoms with Crippen molar-refractivity contribution in [1.82, 2.24) is 9.55 Å². The minimum atomic E-state index is -0.447. The minimum Gasteiger partial charge on any atom is -0.486 e. The van der Waals surface area contributed by atoms with Crippen LogP contribution in [0.1, 0.15) is 47.3 Å². The summed E-state index contributed by atoms with van der Waals surface area (Å²) in [5.41, 5.74) is 0.224. The molecule has 2 aliphatic rings. The predicted octanol–water partition coefficient (Wildman–Crippen LogP) is 3.88. The first-order valence-corrected chi connectivity index (χ1v) is 8.91. The molecule has 1 aromatic heterocycles. The molecule has 1 aliphatic carbocycles. The van der Waals surface area contributed by atoms with Crippen LogP contribution in [-0.2, 0) is 0 Å². The lowest BCUT2D eigenvalue weighted by Crippen LogP contribution is -2.46. The van der Waals surface area contributed by atoms with Crippen LogP contribution in [0.4, 0.5) is 0 Å². The Bertz CT molecular complexity index is 806. The molecule has 0 saturated heterocycles. The first-order chi connectivity index (χ1) is 11.6. The normalized spacial score (nSPS) is 26.0. The van der Waals surface area contributed by atoms with Gasteiger partial charge in [-0.1, -0.05) is 12.1 Å². The highest BCUT2D eigenvalue weighted by molar-refractivity contribution is 9.10. The highest BCUT2D eigenvalue weighted by atomic mass is 79.9. The fourth-order valence-corrected chi connectivity index (χ4v) is 4.06. The van der Waals surface area contributed by atoms with Crippen LogP contribution in [0.2, 0.25) is 0 Å². The van der Waals surface area contributed by atoms with Crippen LogP contribution >= 0.6 is 15.9 Å². The maximum absolute atomic E-state index is 12.5. The Hall–Kier alpha value is -1.95. The number of carbonyl (C=O) groups excluding carboxylic acids is 2. The average Bonchev–Trinajstić information content (AvgIpc) is 3.01. The summed E-state index contributed by atoms with van der Waals surface area (Å²) in [5, 5.41) is 0. The van der Waals surface area contributed by atoms with Gasteiger partial charge in [-0.25, -0.2) is 4.98 Å². The van der Waals surface area contributed by atoms with Gasteiger partial charge < -0.3 is 4.74 Å². The number of fused-ring (bicyclic) bond motifs is 1. The molecule has 1 fully saturated rings. The van der Waals surface area contributed by atoms with Crippen molar-refractivity contribution in [1.29, 1.82) is 0 Å². The molecular formula is C18H17BrN2O3. The SMILES string of the molecule is O=C1CC2(CCC(C(=O)n3cnc(Br)c3)CC2)Oc2ccccc21. The van der Waals surface area contributed by atoms with Gasteiger partial charge in [0.15, 0.2) is 5.78 Å². The van der Waals surface area contributed by atoms with Gasteiger partial charge in [0.05, 0.1) is 12.0 Å². The molecule has 5 nitrogen and oxygen atoms in total. The predicted molar refractivity (Wildman–Crippen MR) is 91.3 cm³/mol. The van der Waals surface area contributed by atoms with E-state index in [0.29, 0.717) is 22.3 Å². The van der Waals surface area contributed by atoms with Crippen molar-refractivity contribution in [2.24, 2.45) is 5.92 Å². The fourth-order valence-electron chi connectivity index (χ4n) is 3.74. The van der Waals surface area contributed by atoms with Crippen LogP contribution in [0.15, 0.2) is 41.4 Å². The lowest BCUT2D eigenvalue weighted by molar-refractivity contribution is 0.00260. The van der Waals surface area contributed by atoms with E-state index in [2.05, 4.69) is 20.9 Å². The molecular weight excluding hydrogens is 372 g/mol. The number of para-hydroxylation sites is 1. The maximum atomic E-state index is 12.5. The number of ether oxygens (including phenoxy) is 1. The Morgan fingerprint density at radius 2 is 2.04 bits per heavy atom. The summed E-state index contributed by atoms with van der Waals surface area (Å²) in [6, 6.07) is 7.42. The standard InChI is InChI=1S/C18H17BrN2O3/c19-16-10-21(11-20-16)17(23)12-5-7-18(8-6-12)9-14(22)13-3-1-2-4-15(13)24-18/h1-4,10-12H,5-9H2. The highest BCUT2D eigenvalue weighted by Crippen LogP contribution is 2.43. The Kier molecular flexibility index (Phi) is 3.79. The average molecular weight is 389 g/mol. The molecule has 2 heterocycles. The quantitative estimate of drug-likeness (QED) is 0.743. The summed E-state index contributed by atoms with van der Waals surface area (Å²) in [6.07, 6.45) is 6.52. The monoisotopic (exact) mass is 388 g/mol. The van der Waals surface area contributed by atoms with Crippen molar-refractivity contribution in [3.05, 3.63) is 47.0 Å². The number of carbonyl (C=O) groups is 2. The third kappa shape index (κ3) is 2.69. The van der Waals surface area contributed by atoms with Gasteiger partial charge in [-0.15, -0.1) is 0 Å². The Morgan fingerprint density at radius 1 is 1.29 bits per heavy atom. The third-order valence-electron chi connectivity index (χ3n) is 5.05. The number of Topliss-reactive ketones (excluding diaryl/α,β-unsaturated/α-hetero) is 1. The van der Waals surface area contributed by atoms with Crippen LogP contribution in [-0.4, -0.2) is 26.8 Å². The van der Waals surface area contributed by atoms with E-state index in [-0.39, 0.29) is 17.6 Å². The van der Waals surface area contributed by atoms with Crippen molar-refractivity contribution in [2.75, 3.05) is 0 Å². The van der Waals surface area contributed by atoms with Crippen LogP contribution in [0, 0.1) is 5.92 Å². The zero-order valence-corrected chi connectivity index (χ0v) is 14.7. The Morgan fingerprint density at radius 3 is 2.75 bits per heavy atom. The van der Waals surface area contributed by atoms with Gasteiger partial charge in [0.25, 0.3) is 0 Å². The third-order valence-corrected chi connectivity index (χ3v) is 5.46. The maximum Gasteiger partial charge on any atom is 0.234 e. The second kappa shape index (κ2) is 5.84. The van der Waals surface area contributed by atoms with E-state index < -0.39 is 5.60 Å². The molecule has 0 atom stereocenters. The van der Waals surface area contributed by atoms with Crippen molar-refractivity contribution in [2.45, 2.75) is 37.7 Å². The van der Waals surface area contributed by atoms with Gasteiger partial charge in [0.1, 0.15) is 22.3 Å². The molecule has 0 unspecified atom stereocenters. The molecule has 1 spiro atoms. The number of benzene rings is 1. The first kappa shape index (κ1) is 15.6. The number of aromatic nitrogens is 2. The number of halogens is 1. The molecule has 6 heteroatoms. The van der Waals surface area contributed by atoms with Crippen LogP contribution < -0.4 is 4.74 Å². The summed E-state index contributed by atoms with van der Waals surface area (Å²) in [6.45, 7) is 0. The smallest absolute Gasteiger partial charge is 0.234 e. The molecule has 1 saturated carbocycles. The summed E-state index contributed by atoms with van der Waals surface area (Å²) < 4.78 is 8.40. The van der Waals surface area contributed by atoms with Gasteiger partial charge in [0, 0.05) is 12.1 Å². The van der Waals surface area contributed by atoms with E-state index in [1.807, 2.05) is 24.3 Å². The van der Waals surface area contributed by atoms with Crippen LogP contribution in [0.5, 0.6) is 5.75 Å². The molecule has 1 aromatic carbocycles. The molecule has 24 heavy (non-hydrogen) atoms. The number of ketones is 1. The van der Waals surface area contributed by atoms with Gasteiger partial charge in [-0.05, 0) is 53.7 Å². The molecule has 0 amide bonds. The Balaban J connectivity index is 1.48. The molecule has 124 valence electrons. The van der Waals surface area contributed by atoms with Crippen molar-refractivity contribution in [3.63, 3.8) is 0 Å². The number of rotatable bonds is 1. The summed E-state index contributed by atoms with van der Waals surface area (Å²) >= 11 is 3.26. The topological polar surface area (TPSA) is 61.2 Å². The van der Waals surface area contributed by atoms with Gasteiger partial charge >= 0.3 is 0 Å². The van der Waals surface area contributed by atoms with Crippen LogP contribution in [0.3, 0.4) is 0 Å². The van der Waals surface area contributed by atoms with E-state index in [1.165, 1.54) is 10.9 Å². The zero-order valence-electron chi connectivity index (χ0n) is 13.1. The lowest BCUT2D eigenvalue weighted by atomic mass is 9.74. The molecule has 1 aliphatic heterocycles. The van der Waals surface area contributed by atoms with Gasteiger partial charge in [-0.3, -0.25) is 14.2 Å².